The fourth-order valence-electron chi connectivity index (χ4n) is 12.5. The van der Waals surface area contributed by atoms with E-state index in [4.69, 9.17) is 19.9 Å². The maximum absolute atomic E-state index is 13.3. The molecule has 1 aromatic carbocycles. The minimum absolute atomic E-state index is 0.00471. The molecular formula is C39H57N3O5. The number of carbonyl (C=O) groups is 2. The highest BCUT2D eigenvalue weighted by Crippen LogP contribution is 2.71. The van der Waals surface area contributed by atoms with Crippen molar-refractivity contribution in [3.8, 4) is 0 Å². The van der Waals surface area contributed by atoms with Crippen molar-refractivity contribution in [3.63, 3.8) is 0 Å². The zero-order valence-corrected chi connectivity index (χ0v) is 29.1. The van der Waals surface area contributed by atoms with Crippen molar-refractivity contribution in [2.24, 2.45) is 52.3 Å². The molecule has 7 fully saturated rings. The predicted molar refractivity (Wildman–Crippen MR) is 180 cm³/mol. The normalized spacial score (nSPS) is 45.9. The summed E-state index contributed by atoms with van der Waals surface area (Å²) >= 11 is 0. The fourth-order valence-corrected chi connectivity index (χ4v) is 12.5. The van der Waals surface area contributed by atoms with E-state index in [2.05, 4.69) is 27.7 Å². The summed E-state index contributed by atoms with van der Waals surface area (Å²) in [7, 11) is 0. The third-order valence-corrected chi connectivity index (χ3v) is 15.1. The second-order valence-electron chi connectivity index (χ2n) is 17.4. The van der Waals surface area contributed by atoms with Crippen LogP contribution in [0, 0.1) is 52.3 Å². The number of carbonyl (C=O) groups excluding carboxylic acids is 2. The highest BCUT2D eigenvalue weighted by Gasteiger charge is 2.69. The second kappa shape index (κ2) is 11.6. The molecule has 1 aromatic rings. The molecule has 1 spiro atoms. The van der Waals surface area contributed by atoms with Gasteiger partial charge < -0.3 is 29.7 Å². The summed E-state index contributed by atoms with van der Waals surface area (Å²) in [5.41, 5.74) is 7.74. The first-order chi connectivity index (χ1) is 22.5. The number of nitrogen functional groups attached to an aromatic ring is 1. The van der Waals surface area contributed by atoms with E-state index in [1.54, 1.807) is 29.2 Å². The second-order valence-corrected chi connectivity index (χ2v) is 17.4. The molecule has 3 saturated heterocycles. The van der Waals surface area contributed by atoms with E-state index in [-0.39, 0.29) is 23.9 Å². The molecule has 0 radical (unpaired) electrons. The van der Waals surface area contributed by atoms with E-state index in [1.807, 2.05) is 4.90 Å². The van der Waals surface area contributed by atoms with Gasteiger partial charge in [-0.25, -0.2) is 4.79 Å². The van der Waals surface area contributed by atoms with Gasteiger partial charge in [0.05, 0.1) is 12.7 Å². The molecule has 8 rings (SSSR count). The molecule has 3 aliphatic heterocycles. The number of piperazine rings is 1. The molecule has 8 nitrogen and oxygen atoms in total. The van der Waals surface area contributed by atoms with Gasteiger partial charge in [-0.3, -0.25) is 4.79 Å². The number of nitrogens with zero attached hydrogens (tertiary/aromatic N) is 2. The number of rotatable bonds is 2. The van der Waals surface area contributed by atoms with Gasteiger partial charge in [0.25, 0.3) is 5.91 Å². The van der Waals surface area contributed by atoms with Gasteiger partial charge in [0.1, 0.15) is 6.10 Å². The van der Waals surface area contributed by atoms with E-state index in [0.29, 0.717) is 78.0 Å². The van der Waals surface area contributed by atoms with Gasteiger partial charge in [-0.05, 0) is 128 Å². The molecule has 258 valence electrons. The van der Waals surface area contributed by atoms with Crippen molar-refractivity contribution in [2.45, 2.75) is 110 Å². The van der Waals surface area contributed by atoms with Gasteiger partial charge >= 0.3 is 6.09 Å². The Morgan fingerprint density at radius 2 is 1.57 bits per heavy atom. The molecule has 3 heterocycles. The number of hydrogen-bond donors (Lipinski definition) is 1. The lowest BCUT2D eigenvalue weighted by Gasteiger charge is -2.61. The van der Waals surface area contributed by atoms with E-state index in [9.17, 15) is 9.59 Å². The summed E-state index contributed by atoms with van der Waals surface area (Å²) in [6.07, 6.45) is 11.9. The van der Waals surface area contributed by atoms with Crippen LogP contribution in [0.4, 0.5) is 10.5 Å². The molecule has 0 unspecified atom stereocenters. The maximum Gasteiger partial charge on any atom is 0.410 e. The van der Waals surface area contributed by atoms with Crippen LogP contribution in [-0.4, -0.2) is 72.6 Å². The number of benzene rings is 1. The van der Waals surface area contributed by atoms with Crippen molar-refractivity contribution in [1.82, 2.24) is 9.80 Å². The molecule has 0 aromatic heterocycles. The van der Waals surface area contributed by atoms with E-state index in [0.717, 1.165) is 50.0 Å². The lowest BCUT2D eigenvalue weighted by Crippen LogP contribution is -2.55. The van der Waals surface area contributed by atoms with Gasteiger partial charge in [0.15, 0.2) is 5.79 Å². The third kappa shape index (κ3) is 5.13. The standard InChI is InChI=1S/C39H57N3O5/c1-24-11-16-39(45-23-24)25(2)34-33(47-39)22-32-30-10-7-27-21-29(12-14-37(27,3)31(30)13-15-38(32,34)4)46-36(44)42-19-17-41(18-20-42)35(43)26-5-8-28(40)9-6-26/h5-6,8-9,24-25,27,29-34H,7,10-23,40H2,1-4H3/t24-,25-,27+,29-,30+,31-,32-,33-,34-,37-,38-,39+/m0/s1. The maximum atomic E-state index is 13.3. The summed E-state index contributed by atoms with van der Waals surface area (Å²) < 4.78 is 19.7. The van der Waals surface area contributed by atoms with Crippen molar-refractivity contribution in [3.05, 3.63) is 29.8 Å². The largest absolute Gasteiger partial charge is 0.446 e. The summed E-state index contributed by atoms with van der Waals surface area (Å²) in [6, 6.07) is 7.04. The van der Waals surface area contributed by atoms with Crippen LogP contribution in [0.1, 0.15) is 102 Å². The smallest absolute Gasteiger partial charge is 0.410 e. The first-order valence-corrected chi connectivity index (χ1v) is 18.9. The van der Waals surface area contributed by atoms with Gasteiger partial charge in [-0.2, -0.15) is 0 Å². The molecular weight excluding hydrogens is 590 g/mol. The molecule has 4 aliphatic carbocycles. The Kier molecular flexibility index (Phi) is 7.90. The van der Waals surface area contributed by atoms with Gasteiger partial charge in [-0.1, -0.05) is 27.7 Å². The average molecular weight is 648 g/mol. The van der Waals surface area contributed by atoms with E-state index < -0.39 is 0 Å². The van der Waals surface area contributed by atoms with Gasteiger partial charge in [0.2, 0.25) is 0 Å². The highest BCUT2D eigenvalue weighted by molar-refractivity contribution is 5.94. The fraction of sp³-hybridized carbons (Fsp3) is 0.795. The van der Waals surface area contributed by atoms with E-state index in [1.165, 1.54) is 38.5 Å². The van der Waals surface area contributed by atoms with Crippen LogP contribution in [0.2, 0.25) is 0 Å². The average Bonchev–Trinajstić information content (AvgIpc) is 3.52. The summed E-state index contributed by atoms with van der Waals surface area (Å²) in [6.45, 7) is 12.9. The zero-order valence-electron chi connectivity index (χ0n) is 29.1. The van der Waals surface area contributed by atoms with Crippen molar-refractivity contribution < 1.29 is 23.8 Å². The summed E-state index contributed by atoms with van der Waals surface area (Å²) in [4.78, 5) is 29.8. The lowest BCUT2D eigenvalue weighted by molar-refractivity contribution is -0.273. The Balaban J connectivity index is 0.864. The SMILES string of the molecule is C[C@H]1CC[C@@]2(OC1)O[C@H]1C[C@H]3[C@@H]4CC[C@@H]5C[C@@H](OC(=O)N6CCN(C(=O)c7ccc(N)cc7)CC6)CC[C@]5(C)[C@H]4CC[C@]3(C)[C@H]1[C@@H]2C. The van der Waals surface area contributed by atoms with Gasteiger partial charge in [0, 0.05) is 49.8 Å². The summed E-state index contributed by atoms with van der Waals surface area (Å²) in [5.74, 6) is 4.28. The molecule has 0 bridgehead atoms. The van der Waals surface area contributed by atoms with Crippen LogP contribution in [0.3, 0.4) is 0 Å². The van der Waals surface area contributed by atoms with Crippen molar-refractivity contribution in [2.75, 3.05) is 38.5 Å². The predicted octanol–water partition coefficient (Wildman–Crippen LogP) is 6.98. The van der Waals surface area contributed by atoms with E-state index >= 15 is 0 Å². The lowest BCUT2D eigenvalue weighted by atomic mass is 9.44. The third-order valence-electron chi connectivity index (χ3n) is 15.1. The number of fused-ring (bicyclic) bond motifs is 7. The van der Waals surface area contributed by atoms with Crippen LogP contribution in [0.25, 0.3) is 0 Å². The van der Waals surface area contributed by atoms with Crippen molar-refractivity contribution >= 4 is 17.7 Å². The van der Waals surface area contributed by atoms with Gasteiger partial charge in [-0.15, -0.1) is 0 Å². The van der Waals surface area contributed by atoms with Crippen LogP contribution in [0.15, 0.2) is 24.3 Å². The number of nitrogens with two attached hydrogens (primary N) is 1. The Hall–Kier alpha value is -2.32. The molecule has 12 atom stereocenters. The molecule has 7 aliphatic rings. The summed E-state index contributed by atoms with van der Waals surface area (Å²) in [5, 5.41) is 0. The number of anilines is 1. The zero-order chi connectivity index (χ0) is 32.7. The highest BCUT2D eigenvalue weighted by atomic mass is 16.7. The quantitative estimate of drug-likeness (QED) is 0.348. The minimum atomic E-state index is -0.339. The van der Waals surface area contributed by atoms with Crippen LogP contribution in [0.5, 0.6) is 0 Å². The molecule has 2 N–H and O–H groups in total. The first kappa shape index (κ1) is 31.9. The number of hydrogen-bond acceptors (Lipinski definition) is 6. The Morgan fingerprint density at radius 1 is 0.851 bits per heavy atom. The molecule has 47 heavy (non-hydrogen) atoms. The van der Waals surface area contributed by atoms with Crippen LogP contribution in [-0.2, 0) is 14.2 Å². The molecule has 8 heteroatoms. The molecule has 2 amide bonds. The van der Waals surface area contributed by atoms with Crippen LogP contribution < -0.4 is 5.73 Å². The monoisotopic (exact) mass is 647 g/mol. The Bertz CT molecular complexity index is 1350. The van der Waals surface area contributed by atoms with Crippen molar-refractivity contribution in [1.29, 1.82) is 0 Å². The topological polar surface area (TPSA) is 94.3 Å². The number of ether oxygens (including phenoxy) is 3. The minimum Gasteiger partial charge on any atom is -0.446 e. The molecule has 4 saturated carbocycles. The first-order valence-electron chi connectivity index (χ1n) is 18.9. The Labute approximate surface area is 281 Å². The number of amides is 2. The van der Waals surface area contributed by atoms with Crippen LogP contribution >= 0.6 is 0 Å². The Morgan fingerprint density at radius 3 is 2.30 bits per heavy atom.